The Hall–Kier alpha value is -1.76. The van der Waals surface area contributed by atoms with Crippen molar-refractivity contribution in [1.29, 1.82) is 0 Å². The molecule has 0 bridgehead atoms. The second-order valence-electron chi connectivity index (χ2n) is 5.55. The van der Waals surface area contributed by atoms with E-state index in [4.69, 9.17) is 4.74 Å². The van der Waals surface area contributed by atoms with E-state index in [0.717, 1.165) is 18.7 Å². The Bertz CT molecular complexity index is 574. The van der Waals surface area contributed by atoms with Gasteiger partial charge in [-0.05, 0) is 23.8 Å². The molecule has 0 saturated carbocycles. The van der Waals surface area contributed by atoms with Gasteiger partial charge >= 0.3 is 0 Å². The van der Waals surface area contributed by atoms with Crippen molar-refractivity contribution >= 4 is 0 Å². The molecule has 1 aliphatic rings. The summed E-state index contributed by atoms with van der Waals surface area (Å²) in [5.74, 6) is -0.290. The van der Waals surface area contributed by atoms with E-state index in [-0.39, 0.29) is 11.9 Å². The van der Waals surface area contributed by atoms with Crippen LogP contribution in [0.5, 0.6) is 0 Å². The van der Waals surface area contributed by atoms with Crippen LogP contribution in [0.1, 0.15) is 11.7 Å². The highest BCUT2D eigenvalue weighted by atomic mass is 19.1. The zero-order valence-electron chi connectivity index (χ0n) is 12.3. The van der Waals surface area contributed by atoms with Crippen molar-refractivity contribution in [2.24, 2.45) is 0 Å². The van der Waals surface area contributed by atoms with E-state index >= 15 is 0 Å². The fraction of sp³-hybridized carbons (Fsp3) is 0.438. The first kappa shape index (κ1) is 15.1. The number of ether oxygens (including phenoxy) is 1. The number of aliphatic hydroxyl groups excluding tert-OH is 1. The van der Waals surface area contributed by atoms with Crippen LogP contribution in [0.15, 0.2) is 42.7 Å². The van der Waals surface area contributed by atoms with Crippen LogP contribution in [0, 0.1) is 5.82 Å². The number of aliphatic hydroxyl groups is 1. The molecule has 118 valence electrons. The number of halogens is 1. The zero-order valence-corrected chi connectivity index (χ0v) is 12.3. The zero-order chi connectivity index (χ0) is 15.4. The maximum Gasteiger partial charge on any atom is 0.123 e. The highest BCUT2D eigenvalue weighted by Gasteiger charge is 2.23. The van der Waals surface area contributed by atoms with Gasteiger partial charge in [0.05, 0.1) is 25.4 Å². The molecule has 1 saturated heterocycles. The van der Waals surface area contributed by atoms with Gasteiger partial charge in [-0.25, -0.2) is 4.39 Å². The van der Waals surface area contributed by atoms with Crippen molar-refractivity contribution in [1.82, 2.24) is 14.7 Å². The second-order valence-corrected chi connectivity index (χ2v) is 5.55. The topological polar surface area (TPSA) is 50.5 Å². The summed E-state index contributed by atoms with van der Waals surface area (Å²) < 4.78 is 20.5. The molecule has 3 rings (SSSR count). The van der Waals surface area contributed by atoms with Gasteiger partial charge in [-0.15, -0.1) is 0 Å². The first-order valence-corrected chi connectivity index (χ1v) is 7.45. The average Bonchev–Trinajstić information content (AvgIpc) is 3.01. The number of benzene rings is 1. The normalized spacial score (nSPS) is 20.9. The third-order valence-corrected chi connectivity index (χ3v) is 3.86. The fourth-order valence-corrected chi connectivity index (χ4v) is 2.71. The van der Waals surface area contributed by atoms with Crippen LogP contribution in [-0.2, 0) is 11.3 Å². The van der Waals surface area contributed by atoms with Crippen LogP contribution >= 0.6 is 0 Å². The molecular weight excluding hydrogens is 285 g/mol. The van der Waals surface area contributed by atoms with E-state index in [1.165, 1.54) is 12.1 Å². The quantitative estimate of drug-likeness (QED) is 0.908. The summed E-state index contributed by atoms with van der Waals surface area (Å²) in [6.45, 7) is 3.40. The third-order valence-electron chi connectivity index (χ3n) is 3.86. The number of hydrogen-bond acceptors (Lipinski definition) is 4. The first-order valence-electron chi connectivity index (χ1n) is 7.45. The molecular formula is C16H20FN3O2. The van der Waals surface area contributed by atoms with Gasteiger partial charge in [-0.2, -0.15) is 5.10 Å². The standard InChI is InChI=1S/C16H20FN3O2/c17-14-4-2-13(3-5-14)16(21)12-19-8-9-22-15(10-19)11-20-7-1-6-18-20/h1-7,15-16,21H,8-12H2/t15-,16-/m1/s1. The van der Waals surface area contributed by atoms with Crippen LogP contribution in [0.2, 0.25) is 0 Å². The minimum atomic E-state index is -0.621. The van der Waals surface area contributed by atoms with Gasteiger partial charge in [-0.1, -0.05) is 12.1 Å². The van der Waals surface area contributed by atoms with Crippen molar-refractivity contribution in [3.05, 3.63) is 54.1 Å². The van der Waals surface area contributed by atoms with Crippen molar-refractivity contribution in [2.75, 3.05) is 26.2 Å². The smallest absolute Gasteiger partial charge is 0.123 e. The molecule has 0 spiro atoms. The number of morpholine rings is 1. The Morgan fingerprint density at radius 2 is 2.18 bits per heavy atom. The first-order chi connectivity index (χ1) is 10.7. The molecule has 2 aromatic rings. The van der Waals surface area contributed by atoms with Crippen molar-refractivity contribution in [3.8, 4) is 0 Å². The monoisotopic (exact) mass is 305 g/mol. The predicted octanol–water partition coefficient (Wildman–Crippen LogP) is 1.46. The molecule has 22 heavy (non-hydrogen) atoms. The summed E-state index contributed by atoms with van der Waals surface area (Å²) in [7, 11) is 0. The van der Waals surface area contributed by atoms with E-state index in [9.17, 15) is 9.50 Å². The molecule has 1 fully saturated rings. The number of nitrogens with zero attached hydrogens (tertiary/aromatic N) is 3. The van der Waals surface area contributed by atoms with Gasteiger partial charge in [-0.3, -0.25) is 9.58 Å². The maximum atomic E-state index is 12.9. The molecule has 1 aliphatic heterocycles. The van der Waals surface area contributed by atoms with E-state index in [0.29, 0.717) is 19.7 Å². The van der Waals surface area contributed by atoms with Crippen molar-refractivity contribution in [3.63, 3.8) is 0 Å². The molecule has 1 N–H and O–H groups in total. The summed E-state index contributed by atoms with van der Waals surface area (Å²) >= 11 is 0. The van der Waals surface area contributed by atoms with Crippen LogP contribution in [-0.4, -0.2) is 52.1 Å². The predicted molar refractivity (Wildman–Crippen MR) is 79.8 cm³/mol. The SMILES string of the molecule is O[C@H](CN1CCO[C@@H](Cn2cccn2)C1)c1ccc(F)cc1. The van der Waals surface area contributed by atoms with Crippen molar-refractivity contribution < 1.29 is 14.2 Å². The summed E-state index contributed by atoms with van der Waals surface area (Å²) in [5, 5.41) is 14.5. The maximum absolute atomic E-state index is 12.9. The van der Waals surface area contributed by atoms with Gasteiger partial charge in [0, 0.05) is 32.0 Å². The van der Waals surface area contributed by atoms with E-state index in [1.54, 1.807) is 18.3 Å². The number of hydrogen-bond donors (Lipinski definition) is 1. The van der Waals surface area contributed by atoms with Gasteiger partial charge in [0.2, 0.25) is 0 Å². The molecule has 0 unspecified atom stereocenters. The Balaban J connectivity index is 1.54. The molecule has 1 aromatic carbocycles. The highest BCUT2D eigenvalue weighted by Crippen LogP contribution is 2.17. The van der Waals surface area contributed by atoms with E-state index in [2.05, 4.69) is 10.00 Å². The Morgan fingerprint density at radius 3 is 2.91 bits per heavy atom. The molecule has 2 atom stereocenters. The average molecular weight is 305 g/mol. The summed E-state index contributed by atoms with van der Waals surface area (Å²) in [4.78, 5) is 2.17. The lowest BCUT2D eigenvalue weighted by Crippen LogP contribution is -2.45. The van der Waals surface area contributed by atoms with Gasteiger partial charge in [0.1, 0.15) is 5.82 Å². The molecule has 2 heterocycles. The largest absolute Gasteiger partial charge is 0.387 e. The van der Waals surface area contributed by atoms with Crippen LogP contribution in [0.25, 0.3) is 0 Å². The molecule has 0 aliphatic carbocycles. The number of β-amino-alcohol motifs (C(OH)–C–C–N with tert-alkyl or cyclic N) is 1. The highest BCUT2D eigenvalue weighted by molar-refractivity contribution is 5.18. The van der Waals surface area contributed by atoms with Crippen LogP contribution in [0.4, 0.5) is 4.39 Å². The molecule has 0 amide bonds. The minimum Gasteiger partial charge on any atom is -0.387 e. The summed E-state index contributed by atoms with van der Waals surface area (Å²) in [5.41, 5.74) is 0.733. The van der Waals surface area contributed by atoms with Gasteiger partial charge in [0.25, 0.3) is 0 Å². The fourth-order valence-electron chi connectivity index (χ4n) is 2.71. The Morgan fingerprint density at radius 1 is 1.36 bits per heavy atom. The van der Waals surface area contributed by atoms with E-state index in [1.807, 2.05) is 16.9 Å². The molecule has 1 aromatic heterocycles. The Labute approximate surface area is 128 Å². The summed E-state index contributed by atoms with van der Waals surface area (Å²) in [6.07, 6.45) is 3.10. The second kappa shape index (κ2) is 7.00. The lowest BCUT2D eigenvalue weighted by Gasteiger charge is -2.34. The molecule has 6 heteroatoms. The van der Waals surface area contributed by atoms with Gasteiger partial charge in [0.15, 0.2) is 0 Å². The Kier molecular flexibility index (Phi) is 4.82. The minimum absolute atomic E-state index is 0.0640. The van der Waals surface area contributed by atoms with Crippen LogP contribution in [0.3, 0.4) is 0 Å². The van der Waals surface area contributed by atoms with Crippen LogP contribution < -0.4 is 0 Å². The number of aromatic nitrogens is 2. The lowest BCUT2D eigenvalue weighted by molar-refractivity contribution is -0.0486. The molecule has 0 radical (unpaired) electrons. The van der Waals surface area contributed by atoms with Gasteiger partial charge < -0.3 is 9.84 Å². The van der Waals surface area contributed by atoms with Crippen molar-refractivity contribution in [2.45, 2.75) is 18.8 Å². The van der Waals surface area contributed by atoms with E-state index < -0.39 is 6.10 Å². The lowest BCUT2D eigenvalue weighted by atomic mass is 10.1. The molecule has 5 nitrogen and oxygen atoms in total. The number of rotatable bonds is 5. The third kappa shape index (κ3) is 3.91. The summed E-state index contributed by atoms with van der Waals surface area (Å²) in [6, 6.07) is 7.89.